The number of nitrogens with zero attached hydrogens (tertiary/aromatic N) is 6. The van der Waals surface area contributed by atoms with Crippen molar-refractivity contribution in [2.75, 3.05) is 5.73 Å². The highest BCUT2D eigenvalue weighted by molar-refractivity contribution is 7.54. The van der Waals surface area contributed by atoms with E-state index < -0.39 is 155 Å². The number of nitro groups is 3. The molecule has 0 radical (unpaired) electrons. The van der Waals surface area contributed by atoms with Crippen LogP contribution in [0.4, 0.5) is 22.7 Å². The number of hydrogen-bond donors (Lipinski definition) is 8. The van der Waals surface area contributed by atoms with Crippen LogP contribution in [0.25, 0.3) is 0 Å². The van der Waals surface area contributed by atoms with Gasteiger partial charge in [0.25, 0.3) is 52.5 Å². The van der Waals surface area contributed by atoms with Gasteiger partial charge in [-0.05, 0) is 77.6 Å². The summed E-state index contributed by atoms with van der Waals surface area (Å²) in [5.74, 6) is -11.8. The fraction of sp³-hybridized carbons (Fsp3) is 0.322. The molecule has 0 saturated carbocycles. The van der Waals surface area contributed by atoms with Crippen LogP contribution in [0.2, 0.25) is 0 Å². The standard InChI is InChI=1S/C16H15N3O7.C13H9N3O7.C13H11N3O5.C11H9NO6.C5H8N2O2.CH4.BCl3.H2/c1-7(2)26-8-5-9-13(11(6-8)19(24)25)16(23)18(15(9)22)10-3-4-12(20)17-14(10)21;17-5-3-6-10(8(4-5)16(22)23)13(21)15(12(6)20)7-1-2-9(18)14-11(7)19;14-7-4-5(17)3-6-10(7)13(21)16(12(6)20)8-1-2-9(18)15-11(8)19;1-5(2)17-6-3-7-9(8(4-6)12(15)16)11(14)18-10(7)13;6-3-1-2-4(8)7-5(3)9;;2-1(3)4;/h5-7,10H,3-4H2,1-2H3,(H,17,20,21);3-4,7,17H,1-2H2,(H,14,18,19);3-4,8,17H,1-2,14H2,(H,15,18,19);3-5H,1-2H3;3H,1-2,6H2,(H,7,8,9);1H4;;1H. The summed E-state index contributed by atoms with van der Waals surface area (Å²) in [6, 6.07) is 4.79. The SMILES string of the molecule is C.CC(C)Oc1cc2c(c([N+](=O)[O-])c1)C(=O)N(C1CCC(=O)NC1=O)C2=O.CC(C)Oc1cc2c(c([N+](=O)[O-])c1)C(=O)OC2=O.ClB(Cl)Cl.NC1CCC(=O)NC1=O.Nc1cc(O)cc2c1C(=O)N(C1CCC(=O)NC1=O)C2=O.O=C1CCC(N2C(=O)c3cc(O)cc([N+](=O)[O-])c3C2=O)C(=O)N1.[HH]. The molecular formula is C59H58BCl3N12O27. The molecule has 102 heavy (non-hydrogen) atoms. The van der Waals surface area contributed by atoms with Crippen LogP contribution in [0.3, 0.4) is 0 Å². The average molecular weight is 1480 g/mol. The number of phenols is 2. The van der Waals surface area contributed by atoms with Gasteiger partial charge >= 0.3 is 16.9 Å². The number of ether oxygens (including phenoxy) is 3. The number of benzene rings is 4. The van der Waals surface area contributed by atoms with E-state index in [4.69, 9.17) is 55.3 Å². The number of imide groups is 7. The van der Waals surface area contributed by atoms with Crippen LogP contribution in [0.1, 0.15) is 171 Å². The molecule has 0 aromatic heterocycles. The minimum absolute atomic E-state index is 0. The number of amides is 14. The quantitative estimate of drug-likeness (QED) is 0.0215. The maximum absolute atomic E-state index is 12.7. The number of piperidine rings is 4. The van der Waals surface area contributed by atoms with Crippen LogP contribution in [0.15, 0.2) is 48.5 Å². The van der Waals surface area contributed by atoms with Crippen molar-refractivity contribution in [3.63, 3.8) is 0 Å². The number of phenolic OH excluding ortho intramolecular Hbond substituents is 2. The van der Waals surface area contributed by atoms with Gasteiger partial charge in [0, 0.05) is 38.9 Å². The van der Waals surface area contributed by atoms with Crippen molar-refractivity contribution < 1.29 is 117 Å². The first kappa shape index (κ1) is 79.1. The summed E-state index contributed by atoms with van der Waals surface area (Å²) in [5, 5.41) is 60.6. The predicted octanol–water partition coefficient (Wildman–Crippen LogP) is 2.87. The van der Waals surface area contributed by atoms with Crippen LogP contribution in [0.5, 0.6) is 23.0 Å². The van der Waals surface area contributed by atoms with E-state index in [0.717, 1.165) is 41.3 Å². The molecule has 0 aliphatic carbocycles. The molecule has 8 heterocycles. The number of esters is 2. The summed E-state index contributed by atoms with van der Waals surface area (Å²) in [6.45, 7) is 6.90. The van der Waals surface area contributed by atoms with Gasteiger partial charge in [-0.15, -0.1) is 0 Å². The maximum Gasteiger partial charge on any atom is 0.450 e. The fourth-order valence-corrected chi connectivity index (χ4v) is 10.7. The van der Waals surface area contributed by atoms with E-state index in [2.05, 4.69) is 20.7 Å². The zero-order valence-corrected chi connectivity index (χ0v) is 54.7. The molecule has 12 rings (SSSR count). The summed E-state index contributed by atoms with van der Waals surface area (Å²) in [7, 11) is 0. The second-order valence-electron chi connectivity index (χ2n) is 22.5. The highest BCUT2D eigenvalue weighted by Crippen LogP contribution is 2.40. The van der Waals surface area contributed by atoms with E-state index >= 15 is 0 Å². The number of aromatic hydroxyl groups is 2. The number of hydrogen-bond acceptors (Lipinski definition) is 29. The topological polar surface area (TPSA) is 581 Å². The van der Waals surface area contributed by atoms with Gasteiger partial charge in [-0.25, -0.2) is 9.59 Å². The minimum atomic E-state index is -1.22. The monoisotopic (exact) mass is 1480 g/mol. The van der Waals surface area contributed by atoms with Crippen molar-refractivity contribution in [2.24, 2.45) is 5.73 Å². The first-order chi connectivity index (χ1) is 47.2. The molecule has 540 valence electrons. The third-order valence-electron chi connectivity index (χ3n) is 14.9. The molecule has 39 nitrogen and oxygen atoms in total. The molecule has 4 atom stereocenters. The Kier molecular flexibility index (Phi) is 25.1. The Hall–Kier alpha value is -11.9. The largest absolute Gasteiger partial charge is 0.508 e. The molecule has 0 spiro atoms. The van der Waals surface area contributed by atoms with E-state index in [1.807, 2.05) is 5.32 Å². The van der Waals surface area contributed by atoms with Crippen molar-refractivity contribution in [3.05, 3.63) is 123 Å². The Bertz CT molecular complexity index is 4360. The molecule has 4 saturated heterocycles. The molecule has 0 bridgehead atoms. The Morgan fingerprint density at radius 1 is 0.480 bits per heavy atom. The van der Waals surface area contributed by atoms with Gasteiger partial charge in [0.05, 0.1) is 79.0 Å². The fourth-order valence-electron chi connectivity index (χ4n) is 10.7. The summed E-state index contributed by atoms with van der Waals surface area (Å²) >= 11 is 14.4. The van der Waals surface area contributed by atoms with E-state index in [9.17, 15) is 117 Å². The molecule has 4 aromatic carbocycles. The van der Waals surface area contributed by atoms with E-state index in [1.54, 1.807) is 27.7 Å². The molecule has 10 N–H and O–H groups in total. The van der Waals surface area contributed by atoms with E-state index in [1.165, 1.54) is 12.1 Å². The third-order valence-corrected chi connectivity index (χ3v) is 14.9. The lowest BCUT2D eigenvalue weighted by Gasteiger charge is -2.27. The summed E-state index contributed by atoms with van der Waals surface area (Å²) in [6.07, 6.45) is 0.270. The number of carbonyl (C=O) groups excluding carboxylic acids is 16. The first-order valence-corrected chi connectivity index (χ1v) is 30.6. The zero-order chi connectivity index (χ0) is 75.2. The molecule has 4 unspecified atom stereocenters. The van der Waals surface area contributed by atoms with Gasteiger partial charge in [-0.2, -0.15) is 34.4 Å². The molecule has 4 fully saturated rings. The van der Waals surface area contributed by atoms with E-state index in [0.29, 0.717) is 22.6 Å². The summed E-state index contributed by atoms with van der Waals surface area (Å²) in [5.41, 5.74) is 7.25. The Morgan fingerprint density at radius 3 is 1.15 bits per heavy atom. The maximum atomic E-state index is 12.7. The number of cyclic esters (lactones) is 2. The highest BCUT2D eigenvalue weighted by Gasteiger charge is 2.51. The minimum Gasteiger partial charge on any atom is -0.508 e. The number of carbonyl (C=O) groups is 16. The average Bonchev–Trinajstić information content (AvgIpc) is 1.62. The molecule has 8 aliphatic heterocycles. The summed E-state index contributed by atoms with van der Waals surface area (Å²) < 4.78 is 15.1. The van der Waals surface area contributed by atoms with Gasteiger partial charge in [-0.1, -0.05) is 7.43 Å². The Morgan fingerprint density at radius 2 is 0.794 bits per heavy atom. The Balaban J connectivity index is 0.000000233. The lowest BCUT2D eigenvalue weighted by Crippen LogP contribution is -2.54. The van der Waals surface area contributed by atoms with Crippen molar-refractivity contribution in [1.82, 2.24) is 36.0 Å². The molecular weight excluding hydrogens is 1430 g/mol. The lowest BCUT2D eigenvalue weighted by atomic mass is 10.0. The predicted molar refractivity (Wildman–Crippen MR) is 347 cm³/mol. The van der Waals surface area contributed by atoms with Crippen LogP contribution in [-0.4, -0.2) is 176 Å². The van der Waals surface area contributed by atoms with Gasteiger partial charge in [0.2, 0.25) is 47.3 Å². The summed E-state index contributed by atoms with van der Waals surface area (Å²) in [4.78, 5) is 220. The van der Waals surface area contributed by atoms with Crippen LogP contribution in [-0.2, 0) is 43.1 Å². The van der Waals surface area contributed by atoms with Crippen LogP contribution < -0.4 is 42.2 Å². The van der Waals surface area contributed by atoms with E-state index in [-0.39, 0.29) is 133 Å². The van der Waals surface area contributed by atoms with Crippen molar-refractivity contribution in [2.45, 2.75) is 123 Å². The number of nitrogens with one attached hydrogen (secondary N) is 4. The number of fused-ring (bicyclic) bond motifs is 4. The normalized spacial score (nSPS) is 19.2. The smallest absolute Gasteiger partial charge is 0.450 e. The zero-order valence-electron chi connectivity index (χ0n) is 52.4. The second kappa shape index (κ2) is 32.4. The van der Waals surface area contributed by atoms with Crippen LogP contribution in [0, 0.1) is 30.3 Å². The molecule has 8 aliphatic rings. The second-order valence-corrected chi connectivity index (χ2v) is 24.5. The van der Waals surface area contributed by atoms with Gasteiger partial charge in [-0.3, -0.25) is 133 Å². The third kappa shape index (κ3) is 17.4. The molecule has 4 aromatic rings. The number of nitro benzene ring substituents is 3. The van der Waals surface area contributed by atoms with Crippen molar-refractivity contribution >= 4 is 157 Å². The first-order valence-electron chi connectivity index (χ1n) is 29.3. The number of halogens is 3. The highest BCUT2D eigenvalue weighted by atomic mass is 35.6. The van der Waals surface area contributed by atoms with Crippen molar-refractivity contribution in [1.29, 1.82) is 0 Å². The van der Waals surface area contributed by atoms with Crippen LogP contribution >= 0.6 is 34.4 Å². The van der Waals surface area contributed by atoms with Gasteiger partial charge in [0.15, 0.2) is 5.56 Å². The number of anilines is 1. The number of rotatable bonds is 10. The Labute approximate surface area is 588 Å². The van der Waals surface area contributed by atoms with Crippen molar-refractivity contribution in [3.8, 4) is 23.0 Å². The molecule has 14 amide bonds. The van der Waals surface area contributed by atoms with Gasteiger partial charge in [0.1, 0.15) is 52.3 Å². The number of nitrogens with two attached hydrogens (primary N) is 2. The number of nitrogen functional groups attached to an aromatic ring is 1. The molecule has 43 heteroatoms. The van der Waals surface area contributed by atoms with Gasteiger partial charge < -0.3 is 35.9 Å². The lowest BCUT2D eigenvalue weighted by molar-refractivity contribution is -0.385.